The zero-order valence-electron chi connectivity index (χ0n) is 15.7. The van der Waals surface area contributed by atoms with Crippen LogP contribution in [0.3, 0.4) is 0 Å². The van der Waals surface area contributed by atoms with Gasteiger partial charge in [-0.25, -0.2) is 4.79 Å². The Balaban J connectivity index is 1.98. The Bertz CT molecular complexity index is 824. The number of hydrogen-bond acceptors (Lipinski definition) is 5. The lowest BCUT2D eigenvalue weighted by atomic mass is 10.1. The number of carbonyl (C=O) groups excluding carboxylic acids is 2. The van der Waals surface area contributed by atoms with Gasteiger partial charge in [-0.1, -0.05) is 30.9 Å². The molecule has 142 valence electrons. The fraction of sp³-hybridized carbons (Fsp3) is 0.238. The molecule has 0 radical (unpaired) electrons. The van der Waals surface area contributed by atoms with Crippen LogP contribution < -0.4 is 14.8 Å². The maximum Gasteiger partial charge on any atom is 0.338 e. The molecule has 0 aliphatic rings. The first-order valence-electron chi connectivity index (χ1n) is 8.41. The third kappa shape index (κ3) is 5.34. The molecule has 0 saturated heterocycles. The van der Waals surface area contributed by atoms with Gasteiger partial charge in [0.1, 0.15) is 6.61 Å². The van der Waals surface area contributed by atoms with Gasteiger partial charge in [0.15, 0.2) is 18.1 Å². The molecule has 2 rings (SSSR count). The van der Waals surface area contributed by atoms with Gasteiger partial charge in [-0.15, -0.1) is 0 Å². The standard InChI is InChI=1S/C21H23NO5/c1-5-11-26-17-10-9-16(12-18(17)25-4)21(24)27-13-19(23)22-20-14(2)7-6-8-15(20)3/h5-10,12H,1,11,13H2,2-4H3,(H,22,23). The molecule has 0 aromatic heterocycles. The highest BCUT2D eigenvalue weighted by Gasteiger charge is 2.15. The summed E-state index contributed by atoms with van der Waals surface area (Å²) in [6.45, 7) is 7.31. The summed E-state index contributed by atoms with van der Waals surface area (Å²) in [5.41, 5.74) is 2.87. The van der Waals surface area contributed by atoms with E-state index in [1.807, 2.05) is 32.0 Å². The number of aryl methyl sites for hydroxylation is 2. The Hall–Kier alpha value is -3.28. The van der Waals surface area contributed by atoms with Gasteiger partial charge >= 0.3 is 5.97 Å². The van der Waals surface area contributed by atoms with Crippen molar-refractivity contribution in [1.82, 2.24) is 0 Å². The number of nitrogens with one attached hydrogen (secondary N) is 1. The highest BCUT2D eigenvalue weighted by molar-refractivity contribution is 5.96. The van der Waals surface area contributed by atoms with Gasteiger partial charge < -0.3 is 19.5 Å². The topological polar surface area (TPSA) is 73.9 Å². The van der Waals surface area contributed by atoms with Crippen LogP contribution in [0.2, 0.25) is 0 Å². The molecule has 2 aromatic rings. The average Bonchev–Trinajstić information content (AvgIpc) is 2.67. The van der Waals surface area contributed by atoms with Crippen LogP contribution in [0, 0.1) is 13.8 Å². The van der Waals surface area contributed by atoms with Crippen molar-refractivity contribution >= 4 is 17.6 Å². The van der Waals surface area contributed by atoms with E-state index in [-0.39, 0.29) is 12.2 Å². The number of carbonyl (C=O) groups is 2. The van der Waals surface area contributed by atoms with Gasteiger partial charge in [0.2, 0.25) is 0 Å². The highest BCUT2D eigenvalue weighted by atomic mass is 16.5. The third-order valence-corrected chi connectivity index (χ3v) is 3.84. The largest absolute Gasteiger partial charge is 0.493 e. The average molecular weight is 369 g/mol. The molecule has 1 N–H and O–H groups in total. The van der Waals surface area contributed by atoms with Crippen molar-refractivity contribution in [2.45, 2.75) is 13.8 Å². The van der Waals surface area contributed by atoms with E-state index in [2.05, 4.69) is 11.9 Å². The fourth-order valence-corrected chi connectivity index (χ4v) is 2.46. The van der Waals surface area contributed by atoms with Gasteiger partial charge in [0.25, 0.3) is 5.91 Å². The number of amides is 1. The second-order valence-corrected chi connectivity index (χ2v) is 5.86. The Morgan fingerprint density at radius 3 is 2.44 bits per heavy atom. The molecule has 0 fully saturated rings. The predicted molar refractivity (Wildman–Crippen MR) is 104 cm³/mol. The van der Waals surface area contributed by atoms with Gasteiger partial charge in [-0.3, -0.25) is 4.79 Å². The molecule has 0 aliphatic heterocycles. The van der Waals surface area contributed by atoms with Crippen molar-refractivity contribution in [1.29, 1.82) is 0 Å². The Morgan fingerprint density at radius 2 is 1.81 bits per heavy atom. The van der Waals surface area contributed by atoms with E-state index in [1.165, 1.54) is 13.2 Å². The molecular weight excluding hydrogens is 346 g/mol. The number of methoxy groups -OCH3 is 1. The first-order chi connectivity index (χ1) is 13.0. The maximum atomic E-state index is 12.2. The summed E-state index contributed by atoms with van der Waals surface area (Å²) in [6, 6.07) is 10.4. The normalized spacial score (nSPS) is 10.0. The summed E-state index contributed by atoms with van der Waals surface area (Å²) < 4.78 is 15.8. The molecule has 0 spiro atoms. The summed E-state index contributed by atoms with van der Waals surface area (Å²) in [5.74, 6) is -0.146. The zero-order valence-corrected chi connectivity index (χ0v) is 15.7. The molecule has 6 nitrogen and oxygen atoms in total. The summed E-state index contributed by atoms with van der Waals surface area (Å²) >= 11 is 0. The minimum atomic E-state index is -0.625. The van der Waals surface area contributed by atoms with Gasteiger partial charge in [0, 0.05) is 5.69 Å². The minimum absolute atomic E-state index is 0.262. The number of para-hydroxylation sites is 1. The van der Waals surface area contributed by atoms with E-state index in [9.17, 15) is 9.59 Å². The molecule has 2 aromatic carbocycles. The number of hydrogen-bond donors (Lipinski definition) is 1. The lowest BCUT2D eigenvalue weighted by Gasteiger charge is -2.12. The molecule has 0 saturated carbocycles. The van der Waals surface area contributed by atoms with E-state index in [1.54, 1.807) is 18.2 Å². The molecule has 0 heterocycles. The van der Waals surface area contributed by atoms with E-state index in [0.717, 1.165) is 16.8 Å². The third-order valence-electron chi connectivity index (χ3n) is 3.84. The van der Waals surface area contributed by atoms with Gasteiger partial charge in [-0.05, 0) is 43.2 Å². The Morgan fingerprint density at radius 1 is 1.11 bits per heavy atom. The van der Waals surface area contributed by atoms with Crippen LogP contribution in [0.4, 0.5) is 5.69 Å². The molecule has 6 heteroatoms. The van der Waals surface area contributed by atoms with Crippen LogP contribution in [0.15, 0.2) is 49.1 Å². The van der Waals surface area contributed by atoms with E-state index >= 15 is 0 Å². The van der Waals surface area contributed by atoms with E-state index < -0.39 is 11.9 Å². The second-order valence-electron chi connectivity index (χ2n) is 5.86. The number of rotatable bonds is 8. The molecule has 1 amide bonds. The Labute approximate surface area is 158 Å². The van der Waals surface area contributed by atoms with Crippen LogP contribution in [0.5, 0.6) is 11.5 Å². The van der Waals surface area contributed by atoms with Gasteiger partial charge in [0.05, 0.1) is 12.7 Å². The molecule has 27 heavy (non-hydrogen) atoms. The summed E-state index contributed by atoms with van der Waals surface area (Å²) in [6.07, 6.45) is 1.61. The summed E-state index contributed by atoms with van der Waals surface area (Å²) in [7, 11) is 1.48. The van der Waals surface area contributed by atoms with Crippen molar-refractivity contribution in [2.75, 3.05) is 25.6 Å². The summed E-state index contributed by atoms with van der Waals surface area (Å²) in [4.78, 5) is 24.3. The van der Waals surface area contributed by atoms with Crippen LogP contribution in [0.1, 0.15) is 21.5 Å². The van der Waals surface area contributed by atoms with Crippen molar-refractivity contribution in [3.05, 3.63) is 65.7 Å². The quantitative estimate of drug-likeness (QED) is 0.568. The fourth-order valence-electron chi connectivity index (χ4n) is 2.46. The highest BCUT2D eigenvalue weighted by Crippen LogP contribution is 2.28. The SMILES string of the molecule is C=CCOc1ccc(C(=O)OCC(=O)Nc2c(C)cccc2C)cc1OC. The van der Waals surface area contributed by atoms with E-state index in [0.29, 0.717) is 18.1 Å². The van der Waals surface area contributed by atoms with Crippen molar-refractivity contribution in [3.8, 4) is 11.5 Å². The second kappa shape index (κ2) is 9.43. The van der Waals surface area contributed by atoms with Crippen molar-refractivity contribution < 1.29 is 23.8 Å². The smallest absolute Gasteiger partial charge is 0.338 e. The number of benzene rings is 2. The van der Waals surface area contributed by atoms with Crippen LogP contribution in [-0.2, 0) is 9.53 Å². The summed E-state index contributed by atoms with van der Waals surface area (Å²) in [5, 5.41) is 2.77. The predicted octanol–water partition coefficient (Wildman–Crippen LogP) is 3.67. The van der Waals surface area contributed by atoms with Gasteiger partial charge in [-0.2, -0.15) is 0 Å². The number of anilines is 1. The van der Waals surface area contributed by atoms with Crippen LogP contribution in [-0.4, -0.2) is 32.2 Å². The number of ether oxygens (including phenoxy) is 3. The minimum Gasteiger partial charge on any atom is -0.493 e. The first-order valence-corrected chi connectivity index (χ1v) is 8.41. The van der Waals surface area contributed by atoms with Crippen LogP contribution >= 0.6 is 0 Å². The lowest BCUT2D eigenvalue weighted by molar-refractivity contribution is -0.119. The molecule has 0 bridgehead atoms. The Kier molecular flexibility index (Phi) is 7.00. The maximum absolute atomic E-state index is 12.2. The van der Waals surface area contributed by atoms with Crippen LogP contribution in [0.25, 0.3) is 0 Å². The zero-order chi connectivity index (χ0) is 19.8. The van der Waals surface area contributed by atoms with Crippen molar-refractivity contribution in [2.24, 2.45) is 0 Å². The lowest BCUT2D eigenvalue weighted by Crippen LogP contribution is -2.21. The molecular formula is C21H23NO5. The monoisotopic (exact) mass is 369 g/mol. The molecule has 0 atom stereocenters. The molecule has 0 unspecified atom stereocenters. The van der Waals surface area contributed by atoms with Crippen molar-refractivity contribution in [3.63, 3.8) is 0 Å². The molecule has 0 aliphatic carbocycles. The van der Waals surface area contributed by atoms with E-state index in [4.69, 9.17) is 14.2 Å². The number of esters is 1. The first kappa shape index (κ1) is 20.0.